The summed E-state index contributed by atoms with van der Waals surface area (Å²) < 4.78 is 0. The zero-order valence-corrected chi connectivity index (χ0v) is 15.2. The first-order valence-corrected chi connectivity index (χ1v) is 9.05. The summed E-state index contributed by atoms with van der Waals surface area (Å²) in [5.41, 5.74) is 0. The van der Waals surface area contributed by atoms with Gasteiger partial charge in [0, 0.05) is 11.3 Å². The molecule has 0 aliphatic rings. The van der Waals surface area contributed by atoms with Gasteiger partial charge in [0.05, 0.1) is 0 Å². The Labute approximate surface area is 151 Å². The van der Waals surface area contributed by atoms with E-state index in [-0.39, 0.29) is 6.42 Å². The molecule has 5 heteroatoms. The zero-order chi connectivity index (χ0) is 18.8. The van der Waals surface area contributed by atoms with Crippen LogP contribution in [0.4, 0.5) is 0 Å². The van der Waals surface area contributed by atoms with E-state index in [0.717, 1.165) is 19.3 Å². The molecule has 0 radical (unpaired) electrons. The Kier molecular flexibility index (Phi) is 15.2. The van der Waals surface area contributed by atoms with Gasteiger partial charge >= 0.3 is 12.0 Å². The van der Waals surface area contributed by atoms with E-state index in [1.807, 2.05) is 12.2 Å². The molecule has 0 aliphatic carbocycles. The van der Waals surface area contributed by atoms with Gasteiger partial charge in [-0.05, 0) is 38.5 Å². The lowest BCUT2D eigenvalue weighted by atomic mass is 10.1. The minimum absolute atomic E-state index is 0.0250. The first-order chi connectivity index (χ1) is 12.1. The molecule has 0 aromatic rings. The van der Waals surface area contributed by atoms with Gasteiger partial charge < -0.3 is 5.11 Å². The molecule has 0 saturated carbocycles. The molecule has 25 heavy (non-hydrogen) atoms. The van der Waals surface area contributed by atoms with E-state index < -0.39 is 16.9 Å². The molecule has 0 heterocycles. The summed E-state index contributed by atoms with van der Waals surface area (Å²) in [4.78, 5) is 20.4. The van der Waals surface area contributed by atoms with Crippen LogP contribution in [0.15, 0.2) is 48.6 Å². The quantitative estimate of drug-likeness (QED) is 0.184. The van der Waals surface area contributed by atoms with Gasteiger partial charge in [0.15, 0.2) is 0 Å². The molecular formula is C20H31NO4. The maximum absolute atomic E-state index is 10.6. The number of hydrogen-bond donors (Lipinski definition) is 1. The second-order valence-corrected chi connectivity index (χ2v) is 5.81. The average molecular weight is 349 g/mol. The normalized spacial score (nSPS) is 13.5. The van der Waals surface area contributed by atoms with Crippen LogP contribution in [0, 0.1) is 10.1 Å². The number of unbranched alkanes of at least 4 members (excludes halogenated alkanes) is 3. The third-order valence-corrected chi connectivity index (χ3v) is 3.60. The first-order valence-electron chi connectivity index (χ1n) is 9.05. The third kappa shape index (κ3) is 15.1. The van der Waals surface area contributed by atoms with Gasteiger partial charge in [-0.25, -0.2) is 4.79 Å². The van der Waals surface area contributed by atoms with Gasteiger partial charge in [-0.3, -0.25) is 10.1 Å². The molecule has 1 N–H and O–H groups in total. The number of carboxylic acid groups (broad SMARTS) is 1. The molecule has 0 bridgehead atoms. The first kappa shape index (κ1) is 22.8. The number of allylic oxidation sites excluding steroid dienone is 8. The molecule has 0 spiro atoms. The lowest BCUT2D eigenvalue weighted by molar-refractivity contribution is -0.510. The molecule has 1 atom stereocenters. The maximum Gasteiger partial charge on any atom is 0.379 e. The van der Waals surface area contributed by atoms with E-state index in [2.05, 4.69) is 37.3 Å². The summed E-state index contributed by atoms with van der Waals surface area (Å²) in [5, 5.41) is 19.2. The molecule has 0 amide bonds. The second-order valence-electron chi connectivity index (χ2n) is 5.81. The Balaban J connectivity index is 3.67. The molecule has 0 aromatic carbocycles. The topological polar surface area (TPSA) is 80.4 Å². The molecule has 0 aromatic heterocycles. The lowest BCUT2D eigenvalue weighted by Crippen LogP contribution is -2.28. The Morgan fingerprint density at radius 3 is 1.84 bits per heavy atom. The van der Waals surface area contributed by atoms with Crippen molar-refractivity contribution in [3.8, 4) is 0 Å². The van der Waals surface area contributed by atoms with E-state index in [4.69, 9.17) is 5.11 Å². The van der Waals surface area contributed by atoms with Crippen LogP contribution in [0.25, 0.3) is 0 Å². The number of nitro groups is 1. The second kappa shape index (κ2) is 16.7. The predicted molar refractivity (Wildman–Crippen MR) is 102 cm³/mol. The highest BCUT2D eigenvalue weighted by Crippen LogP contribution is 2.04. The fraction of sp³-hybridized carbons (Fsp3) is 0.550. The van der Waals surface area contributed by atoms with E-state index in [1.54, 1.807) is 6.08 Å². The smallest absolute Gasteiger partial charge is 0.379 e. The molecule has 0 fully saturated rings. The van der Waals surface area contributed by atoms with Crippen molar-refractivity contribution in [1.29, 1.82) is 0 Å². The van der Waals surface area contributed by atoms with Crippen LogP contribution in [0.3, 0.4) is 0 Å². The SMILES string of the molecule is CCCCC/C=C\C/C=C\C/C=C\C/C=C\CCC(C(=O)O)[N+](=O)[O-]. The number of hydrogen-bond acceptors (Lipinski definition) is 3. The zero-order valence-electron chi connectivity index (χ0n) is 15.2. The molecular weight excluding hydrogens is 318 g/mol. The van der Waals surface area contributed by atoms with Crippen molar-refractivity contribution < 1.29 is 14.8 Å². The van der Waals surface area contributed by atoms with Crippen LogP contribution >= 0.6 is 0 Å². The summed E-state index contributed by atoms with van der Waals surface area (Å²) >= 11 is 0. The summed E-state index contributed by atoms with van der Waals surface area (Å²) in [6.45, 7) is 2.21. The average Bonchev–Trinajstić information content (AvgIpc) is 2.57. The lowest BCUT2D eigenvalue weighted by Gasteiger charge is -2.01. The van der Waals surface area contributed by atoms with E-state index >= 15 is 0 Å². The standard InChI is InChI=1S/C20H31NO4/c1-2-3-4-5-6-7-8-9-10-11-12-13-14-15-16-17-18-19(20(22)23)21(24)25/h6-7,9-10,12-13,15-16,19H,2-5,8,11,14,17-18H2,1H3,(H,22,23)/b7-6-,10-9-,13-12-,16-15-. The highest BCUT2D eigenvalue weighted by molar-refractivity contribution is 5.71. The van der Waals surface area contributed by atoms with Crippen molar-refractivity contribution >= 4 is 5.97 Å². The van der Waals surface area contributed by atoms with Crippen molar-refractivity contribution in [2.45, 2.75) is 70.8 Å². The van der Waals surface area contributed by atoms with E-state index in [1.165, 1.54) is 25.7 Å². The van der Waals surface area contributed by atoms with Crippen molar-refractivity contribution in [1.82, 2.24) is 0 Å². The highest BCUT2D eigenvalue weighted by atomic mass is 16.6. The Hall–Kier alpha value is -2.17. The minimum Gasteiger partial charge on any atom is -0.476 e. The number of carbonyl (C=O) groups is 1. The summed E-state index contributed by atoms with van der Waals surface area (Å²) in [6.07, 6.45) is 24.6. The van der Waals surface area contributed by atoms with Crippen molar-refractivity contribution in [3.63, 3.8) is 0 Å². The van der Waals surface area contributed by atoms with Crippen LogP contribution in [0.5, 0.6) is 0 Å². The van der Waals surface area contributed by atoms with Crippen LogP contribution in [0.2, 0.25) is 0 Å². The molecule has 0 rings (SSSR count). The van der Waals surface area contributed by atoms with Crippen molar-refractivity contribution in [2.75, 3.05) is 0 Å². The van der Waals surface area contributed by atoms with E-state index in [0.29, 0.717) is 6.42 Å². The van der Waals surface area contributed by atoms with Crippen molar-refractivity contribution in [3.05, 3.63) is 58.7 Å². The number of carboxylic acids is 1. The number of aliphatic carboxylic acids is 1. The van der Waals surface area contributed by atoms with Gasteiger partial charge in [0.25, 0.3) is 0 Å². The van der Waals surface area contributed by atoms with Crippen LogP contribution in [-0.2, 0) is 4.79 Å². The summed E-state index contributed by atoms with van der Waals surface area (Å²) in [5.74, 6) is -1.37. The monoisotopic (exact) mass is 349 g/mol. The largest absolute Gasteiger partial charge is 0.476 e. The third-order valence-electron chi connectivity index (χ3n) is 3.60. The van der Waals surface area contributed by atoms with Crippen LogP contribution < -0.4 is 0 Å². The highest BCUT2D eigenvalue weighted by Gasteiger charge is 2.27. The van der Waals surface area contributed by atoms with Gasteiger partial charge in [0.1, 0.15) is 0 Å². The fourth-order valence-electron chi connectivity index (χ4n) is 2.13. The number of rotatable bonds is 15. The number of nitrogens with zero attached hydrogens (tertiary/aromatic N) is 1. The molecule has 0 saturated heterocycles. The van der Waals surface area contributed by atoms with Crippen LogP contribution in [0.1, 0.15) is 64.7 Å². The van der Waals surface area contributed by atoms with Gasteiger partial charge in [-0.1, -0.05) is 68.4 Å². The van der Waals surface area contributed by atoms with Crippen molar-refractivity contribution in [2.24, 2.45) is 0 Å². The maximum atomic E-state index is 10.6. The molecule has 0 aliphatic heterocycles. The summed E-state index contributed by atoms with van der Waals surface area (Å²) in [6, 6.07) is -1.51. The van der Waals surface area contributed by atoms with Gasteiger partial charge in [0.2, 0.25) is 0 Å². The Morgan fingerprint density at radius 2 is 1.40 bits per heavy atom. The fourth-order valence-corrected chi connectivity index (χ4v) is 2.13. The Bertz CT molecular complexity index is 464. The molecule has 1 unspecified atom stereocenters. The Morgan fingerprint density at radius 1 is 0.920 bits per heavy atom. The van der Waals surface area contributed by atoms with Gasteiger partial charge in [-0.2, -0.15) is 0 Å². The molecule has 5 nitrogen and oxygen atoms in total. The van der Waals surface area contributed by atoms with Crippen LogP contribution in [-0.4, -0.2) is 22.0 Å². The molecule has 140 valence electrons. The predicted octanol–water partition coefficient (Wildman–Crippen LogP) is 5.47. The van der Waals surface area contributed by atoms with E-state index in [9.17, 15) is 14.9 Å². The summed E-state index contributed by atoms with van der Waals surface area (Å²) in [7, 11) is 0. The minimum atomic E-state index is -1.51. The van der Waals surface area contributed by atoms with Gasteiger partial charge in [-0.15, -0.1) is 0 Å².